The zero-order valence-electron chi connectivity index (χ0n) is 8.90. The van der Waals surface area contributed by atoms with Crippen LogP contribution in [0.4, 0.5) is 0 Å². The number of hydrogen-bond donors (Lipinski definition) is 0. The van der Waals surface area contributed by atoms with Gasteiger partial charge in [0.2, 0.25) is 0 Å². The zero-order chi connectivity index (χ0) is 10.8. The highest BCUT2D eigenvalue weighted by Gasteiger charge is 1.95. The van der Waals surface area contributed by atoms with Crippen molar-refractivity contribution >= 4 is 6.21 Å². The summed E-state index contributed by atoms with van der Waals surface area (Å²) in [5, 5.41) is 0. The second kappa shape index (κ2) is 7.99. The Morgan fingerprint density at radius 3 is 2.29 bits per heavy atom. The summed E-state index contributed by atoms with van der Waals surface area (Å²) in [6.07, 6.45) is 13.0. The minimum Gasteiger partial charge on any atom is -0.261 e. The molecule has 14 heavy (non-hydrogen) atoms. The average Bonchev–Trinajstić information content (AvgIpc) is 2.19. The molecule has 0 saturated carbocycles. The van der Waals surface area contributed by atoms with Gasteiger partial charge in [0.1, 0.15) is 0 Å². The molecule has 0 saturated heterocycles. The molecule has 0 aliphatic heterocycles. The normalized spacial score (nSPS) is 13.9. The van der Waals surface area contributed by atoms with E-state index in [0.29, 0.717) is 0 Å². The zero-order valence-corrected chi connectivity index (χ0v) is 8.90. The number of allylic oxidation sites excluding steroid dienone is 6. The molecule has 0 aromatic carbocycles. The molecule has 74 valence electrons. The van der Waals surface area contributed by atoms with E-state index in [0.717, 1.165) is 11.3 Å². The molecule has 0 rings (SSSR count). The van der Waals surface area contributed by atoms with E-state index in [9.17, 15) is 0 Å². The summed E-state index contributed by atoms with van der Waals surface area (Å²) < 4.78 is 0. The van der Waals surface area contributed by atoms with Crippen molar-refractivity contribution in [2.45, 2.75) is 13.8 Å². The second-order valence-electron chi connectivity index (χ2n) is 2.51. The lowest BCUT2D eigenvalue weighted by atomic mass is 10.1. The molecular weight excluding hydrogens is 170 g/mol. The number of aliphatic imine (C=N–C) groups is 1. The summed E-state index contributed by atoms with van der Waals surface area (Å²) >= 11 is 0. The first kappa shape index (κ1) is 12.4. The fourth-order valence-corrected chi connectivity index (χ4v) is 0.966. The van der Waals surface area contributed by atoms with Crippen LogP contribution < -0.4 is 0 Å². The summed E-state index contributed by atoms with van der Waals surface area (Å²) in [5.41, 5.74) is 1.96. The largest absolute Gasteiger partial charge is 0.261 e. The van der Waals surface area contributed by atoms with Gasteiger partial charge < -0.3 is 0 Å². The van der Waals surface area contributed by atoms with Crippen molar-refractivity contribution in [3.05, 3.63) is 60.9 Å². The molecular formula is C13H17N. The van der Waals surface area contributed by atoms with Crippen LogP contribution in [-0.2, 0) is 0 Å². The Hall–Kier alpha value is -1.63. The maximum Gasteiger partial charge on any atom is 0.0694 e. The van der Waals surface area contributed by atoms with Gasteiger partial charge in [0, 0.05) is 6.21 Å². The van der Waals surface area contributed by atoms with Gasteiger partial charge in [0.25, 0.3) is 0 Å². The SMILES string of the molecule is C=C\C=C/C(=C\C)C(=C/C=C)/N=CC. The van der Waals surface area contributed by atoms with Crippen molar-refractivity contribution in [2.24, 2.45) is 4.99 Å². The molecule has 0 atom stereocenters. The van der Waals surface area contributed by atoms with E-state index >= 15 is 0 Å². The van der Waals surface area contributed by atoms with Crippen LogP contribution in [0.5, 0.6) is 0 Å². The van der Waals surface area contributed by atoms with Gasteiger partial charge in [-0.1, -0.05) is 43.5 Å². The summed E-state index contributed by atoms with van der Waals surface area (Å²) in [6, 6.07) is 0. The molecule has 1 heteroatoms. The Morgan fingerprint density at radius 2 is 1.86 bits per heavy atom. The molecule has 0 amide bonds. The first-order valence-corrected chi connectivity index (χ1v) is 4.57. The lowest BCUT2D eigenvalue weighted by molar-refractivity contribution is 1.34. The summed E-state index contributed by atoms with van der Waals surface area (Å²) in [4.78, 5) is 4.25. The highest BCUT2D eigenvalue weighted by atomic mass is 14.7. The van der Waals surface area contributed by atoms with Gasteiger partial charge in [0.05, 0.1) is 5.70 Å². The predicted octanol–water partition coefficient (Wildman–Crippen LogP) is 3.84. The maximum absolute atomic E-state index is 4.25. The standard InChI is InChI=1S/C13H17N/c1-5-9-11-12(7-3)13(10-6-2)14-8-4/h5-11H,1-2H2,3-4H3/b11-9-,12-7+,13-10-,14-8?. The fourth-order valence-electron chi connectivity index (χ4n) is 0.966. The van der Waals surface area contributed by atoms with Gasteiger partial charge in [-0.05, 0) is 25.5 Å². The molecule has 0 bridgehead atoms. The molecule has 0 spiro atoms. The molecule has 0 unspecified atom stereocenters. The molecule has 0 radical (unpaired) electrons. The van der Waals surface area contributed by atoms with Crippen LogP contribution in [-0.4, -0.2) is 6.21 Å². The van der Waals surface area contributed by atoms with Crippen LogP contribution in [0.1, 0.15) is 13.8 Å². The molecule has 0 heterocycles. The molecule has 0 aliphatic rings. The van der Waals surface area contributed by atoms with Gasteiger partial charge in [0.15, 0.2) is 0 Å². The van der Waals surface area contributed by atoms with Crippen molar-refractivity contribution < 1.29 is 0 Å². The van der Waals surface area contributed by atoms with Crippen molar-refractivity contribution in [2.75, 3.05) is 0 Å². The minimum atomic E-state index is 0.906. The van der Waals surface area contributed by atoms with Gasteiger partial charge in [-0.3, -0.25) is 4.99 Å². The Morgan fingerprint density at radius 1 is 1.14 bits per heavy atom. The van der Waals surface area contributed by atoms with E-state index in [4.69, 9.17) is 0 Å². The minimum absolute atomic E-state index is 0.906. The lowest BCUT2D eigenvalue weighted by Crippen LogP contribution is -1.83. The third-order valence-corrected chi connectivity index (χ3v) is 1.56. The van der Waals surface area contributed by atoms with Crippen LogP contribution in [0.15, 0.2) is 65.9 Å². The molecule has 0 fully saturated rings. The monoisotopic (exact) mass is 187 g/mol. The topological polar surface area (TPSA) is 12.4 Å². The van der Waals surface area contributed by atoms with Crippen molar-refractivity contribution in [3.63, 3.8) is 0 Å². The fraction of sp³-hybridized carbons (Fsp3) is 0.154. The number of rotatable bonds is 5. The van der Waals surface area contributed by atoms with Crippen LogP contribution in [0, 0.1) is 0 Å². The van der Waals surface area contributed by atoms with Gasteiger partial charge in [-0.15, -0.1) is 0 Å². The molecule has 1 nitrogen and oxygen atoms in total. The van der Waals surface area contributed by atoms with Crippen LogP contribution in [0.2, 0.25) is 0 Å². The van der Waals surface area contributed by atoms with Gasteiger partial charge >= 0.3 is 0 Å². The summed E-state index contributed by atoms with van der Waals surface area (Å²) in [5.74, 6) is 0. The van der Waals surface area contributed by atoms with Crippen molar-refractivity contribution in [1.29, 1.82) is 0 Å². The maximum atomic E-state index is 4.25. The van der Waals surface area contributed by atoms with E-state index in [1.165, 1.54) is 0 Å². The average molecular weight is 187 g/mol. The van der Waals surface area contributed by atoms with Crippen molar-refractivity contribution in [1.82, 2.24) is 0 Å². The first-order chi connectivity index (χ1) is 6.79. The van der Waals surface area contributed by atoms with Gasteiger partial charge in [-0.2, -0.15) is 0 Å². The molecule has 0 N–H and O–H groups in total. The Kier molecular flexibility index (Phi) is 7.06. The van der Waals surface area contributed by atoms with Crippen molar-refractivity contribution in [3.8, 4) is 0 Å². The van der Waals surface area contributed by atoms with Crippen LogP contribution in [0.3, 0.4) is 0 Å². The third-order valence-electron chi connectivity index (χ3n) is 1.56. The number of hydrogen-bond acceptors (Lipinski definition) is 1. The highest BCUT2D eigenvalue weighted by molar-refractivity contribution is 5.58. The van der Waals surface area contributed by atoms with Crippen LogP contribution in [0.25, 0.3) is 0 Å². The Labute approximate surface area is 86.6 Å². The van der Waals surface area contributed by atoms with E-state index in [2.05, 4.69) is 18.2 Å². The summed E-state index contributed by atoms with van der Waals surface area (Å²) in [6.45, 7) is 11.2. The van der Waals surface area contributed by atoms with E-state index in [1.807, 2.05) is 38.2 Å². The van der Waals surface area contributed by atoms with Gasteiger partial charge in [-0.25, -0.2) is 0 Å². The predicted molar refractivity (Wildman–Crippen MR) is 65.5 cm³/mol. The molecule has 0 aromatic heterocycles. The smallest absolute Gasteiger partial charge is 0.0694 e. The quantitative estimate of drug-likeness (QED) is 0.458. The lowest BCUT2D eigenvalue weighted by Gasteiger charge is -2.00. The highest BCUT2D eigenvalue weighted by Crippen LogP contribution is 2.13. The molecule has 0 aliphatic carbocycles. The van der Waals surface area contributed by atoms with E-state index < -0.39 is 0 Å². The molecule has 0 aromatic rings. The number of nitrogens with zero attached hydrogens (tertiary/aromatic N) is 1. The first-order valence-electron chi connectivity index (χ1n) is 4.57. The summed E-state index contributed by atoms with van der Waals surface area (Å²) in [7, 11) is 0. The Balaban J connectivity index is 4.96. The van der Waals surface area contributed by atoms with E-state index in [1.54, 1.807) is 18.4 Å². The second-order valence-corrected chi connectivity index (χ2v) is 2.51. The van der Waals surface area contributed by atoms with Crippen LogP contribution >= 0.6 is 0 Å². The third kappa shape index (κ3) is 4.41. The Bertz CT molecular complexity index is 301. The van der Waals surface area contributed by atoms with E-state index in [-0.39, 0.29) is 0 Å².